The molecule has 3 heteroatoms. The molecule has 0 heterocycles. The smallest absolute Gasteiger partial charge is 0.0637 e. The van der Waals surface area contributed by atoms with Crippen molar-refractivity contribution < 1.29 is 0 Å². The minimum atomic E-state index is 0.677. The molecule has 0 aliphatic carbocycles. The fraction of sp³-hybridized carbons (Fsp3) is 0.0769. The van der Waals surface area contributed by atoms with Gasteiger partial charge in [-0.15, -0.1) is 0 Å². The number of nitrogens with one attached hydrogen (secondary N) is 1. The van der Waals surface area contributed by atoms with Gasteiger partial charge in [0.25, 0.3) is 0 Å². The summed E-state index contributed by atoms with van der Waals surface area (Å²) in [7, 11) is 0. The Morgan fingerprint density at radius 3 is 2.44 bits per heavy atom. The van der Waals surface area contributed by atoms with Crippen LogP contribution in [0.3, 0.4) is 0 Å². The maximum atomic E-state index is 6.04. The van der Waals surface area contributed by atoms with Crippen LogP contribution in [0.5, 0.6) is 0 Å². The number of nitrogen functional groups attached to an aromatic ring is 1. The lowest BCUT2D eigenvalue weighted by Gasteiger charge is -2.09. The number of benzene rings is 2. The molecule has 16 heavy (non-hydrogen) atoms. The molecule has 0 radical (unpaired) electrons. The van der Waals surface area contributed by atoms with Gasteiger partial charge in [0, 0.05) is 12.2 Å². The predicted octanol–water partition coefficient (Wildman–Crippen LogP) is 3.53. The van der Waals surface area contributed by atoms with Gasteiger partial charge in [0.1, 0.15) is 0 Å². The molecule has 82 valence electrons. The van der Waals surface area contributed by atoms with E-state index in [2.05, 4.69) is 5.32 Å². The van der Waals surface area contributed by atoms with Crippen LogP contribution in [0.1, 0.15) is 5.56 Å². The number of anilines is 2. The van der Waals surface area contributed by atoms with Crippen LogP contribution in [0.2, 0.25) is 5.02 Å². The van der Waals surface area contributed by atoms with E-state index < -0.39 is 0 Å². The Labute approximate surface area is 100 Å². The van der Waals surface area contributed by atoms with E-state index in [9.17, 15) is 0 Å². The molecule has 0 saturated heterocycles. The van der Waals surface area contributed by atoms with Gasteiger partial charge in [0.15, 0.2) is 0 Å². The molecule has 2 aromatic rings. The highest BCUT2D eigenvalue weighted by Gasteiger charge is 2.00. The monoisotopic (exact) mass is 232 g/mol. The average Bonchev–Trinajstić information content (AvgIpc) is 2.30. The molecule has 0 aromatic heterocycles. The van der Waals surface area contributed by atoms with Crippen LogP contribution >= 0.6 is 11.6 Å². The van der Waals surface area contributed by atoms with E-state index in [1.54, 1.807) is 0 Å². The van der Waals surface area contributed by atoms with Crippen molar-refractivity contribution in [3.63, 3.8) is 0 Å². The van der Waals surface area contributed by atoms with Gasteiger partial charge in [-0.2, -0.15) is 0 Å². The Hall–Kier alpha value is -1.67. The Kier molecular flexibility index (Phi) is 3.32. The topological polar surface area (TPSA) is 38.0 Å². The number of halogens is 1. The van der Waals surface area contributed by atoms with Gasteiger partial charge in [-0.3, -0.25) is 0 Å². The summed E-state index contributed by atoms with van der Waals surface area (Å²) < 4.78 is 0. The molecule has 0 fully saturated rings. The fourth-order valence-corrected chi connectivity index (χ4v) is 1.69. The normalized spacial score (nSPS) is 10.1. The number of hydrogen-bond acceptors (Lipinski definition) is 2. The lowest BCUT2D eigenvalue weighted by atomic mass is 10.2. The van der Waals surface area contributed by atoms with E-state index in [-0.39, 0.29) is 0 Å². The SMILES string of the molecule is Nc1ccccc1CNc1ccccc1Cl. The van der Waals surface area contributed by atoms with E-state index in [0.29, 0.717) is 6.54 Å². The largest absolute Gasteiger partial charge is 0.398 e. The summed E-state index contributed by atoms with van der Waals surface area (Å²) in [5.74, 6) is 0. The Bertz CT molecular complexity index is 437. The second-order valence-electron chi connectivity index (χ2n) is 3.53. The zero-order valence-corrected chi connectivity index (χ0v) is 9.54. The van der Waals surface area contributed by atoms with Gasteiger partial charge in [0.05, 0.1) is 10.7 Å². The van der Waals surface area contributed by atoms with E-state index >= 15 is 0 Å². The van der Waals surface area contributed by atoms with Gasteiger partial charge < -0.3 is 11.1 Å². The summed E-state index contributed by atoms with van der Waals surface area (Å²) in [6, 6.07) is 15.4. The van der Waals surface area contributed by atoms with Crippen LogP contribution in [0.15, 0.2) is 48.5 Å². The van der Waals surface area contributed by atoms with Crippen LogP contribution < -0.4 is 11.1 Å². The van der Waals surface area contributed by atoms with E-state index in [0.717, 1.165) is 22.0 Å². The molecule has 0 amide bonds. The minimum absolute atomic E-state index is 0.677. The van der Waals surface area contributed by atoms with Crippen LogP contribution in [-0.4, -0.2) is 0 Å². The Balaban J connectivity index is 2.09. The lowest BCUT2D eigenvalue weighted by Crippen LogP contribution is -2.02. The molecule has 3 N–H and O–H groups in total. The molecule has 0 atom stereocenters. The first kappa shape index (κ1) is 10.8. The molecular formula is C13H13ClN2. The summed E-state index contributed by atoms with van der Waals surface area (Å²) >= 11 is 6.04. The maximum absolute atomic E-state index is 6.04. The highest BCUT2D eigenvalue weighted by Crippen LogP contribution is 2.22. The van der Waals surface area contributed by atoms with E-state index in [1.165, 1.54) is 0 Å². The summed E-state index contributed by atoms with van der Waals surface area (Å²) in [6.07, 6.45) is 0. The standard InChI is InChI=1S/C13H13ClN2/c14-11-6-2-4-8-13(11)16-9-10-5-1-3-7-12(10)15/h1-8,16H,9,15H2. The summed E-state index contributed by atoms with van der Waals surface area (Å²) in [5, 5.41) is 3.98. The molecule has 2 rings (SSSR count). The van der Waals surface area contributed by atoms with Gasteiger partial charge >= 0.3 is 0 Å². The molecular weight excluding hydrogens is 220 g/mol. The maximum Gasteiger partial charge on any atom is 0.0637 e. The van der Waals surface area contributed by atoms with E-state index in [1.807, 2.05) is 48.5 Å². The third-order valence-corrected chi connectivity index (χ3v) is 2.73. The second kappa shape index (κ2) is 4.90. The van der Waals surface area contributed by atoms with Crippen LogP contribution in [-0.2, 0) is 6.54 Å². The fourth-order valence-electron chi connectivity index (χ4n) is 1.49. The van der Waals surface area contributed by atoms with Crippen LogP contribution in [0.4, 0.5) is 11.4 Å². The number of nitrogens with two attached hydrogens (primary N) is 1. The summed E-state index contributed by atoms with van der Waals surface area (Å²) in [5.41, 5.74) is 8.64. The van der Waals surface area contributed by atoms with Crippen molar-refractivity contribution in [2.24, 2.45) is 0 Å². The zero-order chi connectivity index (χ0) is 11.4. The first-order valence-electron chi connectivity index (χ1n) is 5.09. The summed E-state index contributed by atoms with van der Waals surface area (Å²) in [6.45, 7) is 0.677. The molecule has 2 nitrogen and oxygen atoms in total. The molecule has 0 aliphatic rings. The van der Waals surface area contributed by atoms with Crippen LogP contribution in [0, 0.1) is 0 Å². The van der Waals surface area contributed by atoms with Crippen molar-refractivity contribution in [2.75, 3.05) is 11.1 Å². The second-order valence-corrected chi connectivity index (χ2v) is 3.94. The number of hydrogen-bond donors (Lipinski definition) is 2. The molecule has 0 bridgehead atoms. The van der Waals surface area contributed by atoms with Gasteiger partial charge in [-0.25, -0.2) is 0 Å². The minimum Gasteiger partial charge on any atom is -0.398 e. The Morgan fingerprint density at radius 1 is 1.00 bits per heavy atom. The first-order valence-corrected chi connectivity index (χ1v) is 5.47. The molecule has 2 aromatic carbocycles. The van der Waals surface area contributed by atoms with Gasteiger partial charge in [0.2, 0.25) is 0 Å². The highest BCUT2D eigenvalue weighted by atomic mass is 35.5. The molecule has 0 saturated carbocycles. The van der Waals surface area contributed by atoms with Crippen molar-refractivity contribution in [3.8, 4) is 0 Å². The third kappa shape index (κ3) is 2.47. The molecule has 0 spiro atoms. The predicted molar refractivity (Wildman–Crippen MR) is 69.6 cm³/mol. The van der Waals surface area contributed by atoms with Crippen molar-refractivity contribution in [1.82, 2.24) is 0 Å². The average molecular weight is 233 g/mol. The third-order valence-electron chi connectivity index (χ3n) is 2.40. The van der Waals surface area contributed by atoms with Crippen molar-refractivity contribution in [3.05, 3.63) is 59.1 Å². The van der Waals surface area contributed by atoms with Crippen molar-refractivity contribution >= 4 is 23.0 Å². The van der Waals surface area contributed by atoms with Crippen molar-refractivity contribution in [2.45, 2.75) is 6.54 Å². The Morgan fingerprint density at radius 2 is 1.69 bits per heavy atom. The highest BCUT2D eigenvalue weighted by molar-refractivity contribution is 6.33. The van der Waals surface area contributed by atoms with E-state index in [4.69, 9.17) is 17.3 Å². The number of para-hydroxylation sites is 2. The first-order chi connectivity index (χ1) is 7.77. The van der Waals surface area contributed by atoms with Gasteiger partial charge in [-0.1, -0.05) is 41.9 Å². The zero-order valence-electron chi connectivity index (χ0n) is 8.78. The molecule has 0 aliphatic heterocycles. The quantitative estimate of drug-likeness (QED) is 0.795. The van der Waals surface area contributed by atoms with Crippen LogP contribution in [0.25, 0.3) is 0 Å². The lowest BCUT2D eigenvalue weighted by molar-refractivity contribution is 1.15. The summed E-state index contributed by atoms with van der Waals surface area (Å²) in [4.78, 5) is 0. The van der Waals surface area contributed by atoms with Crippen molar-refractivity contribution in [1.29, 1.82) is 0 Å². The van der Waals surface area contributed by atoms with Gasteiger partial charge in [-0.05, 0) is 23.8 Å². The molecule has 0 unspecified atom stereocenters. The number of rotatable bonds is 3.